The van der Waals surface area contributed by atoms with Crippen LogP contribution in [0.15, 0.2) is 0 Å². The Morgan fingerprint density at radius 1 is 1.38 bits per heavy atom. The van der Waals surface area contributed by atoms with Crippen molar-refractivity contribution in [1.29, 1.82) is 0 Å². The molecule has 3 heteroatoms. The highest BCUT2D eigenvalue weighted by atomic mass is 16.5. The third kappa shape index (κ3) is 8.22. The summed E-state index contributed by atoms with van der Waals surface area (Å²) in [5.74, 6) is 0. The molecule has 80 valence electrons. The van der Waals surface area contributed by atoms with Gasteiger partial charge in [-0.3, -0.25) is 0 Å². The van der Waals surface area contributed by atoms with E-state index in [2.05, 4.69) is 19.2 Å². The minimum atomic E-state index is -0.683. The van der Waals surface area contributed by atoms with Crippen LogP contribution in [0.1, 0.15) is 33.6 Å². The zero-order chi connectivity index (χ0) is 10.2. The Bertz CT molecular complexity index is 103. The normalized spacial score (nSPS) is 15.7. The zero-order valence-electron chi connectivity index (χ0n) is 9.10. The third-order valence-corrected chi connectivity index (χ3v) is 1.85. The molecular weight excluding hydrogens is 166 g/mol. The van der Waals surface area contributed by atoms with Gasteiger partial charge in [-0.25, -0.2) is 0 Å². The topological polar surface area (TPSA) is 41.5 Å². The first kappa shape index (κ1) is 12.9. The summed E-state index contributed by atoms with van der Waals surface area (Å²) in [5.41, 5.74) is -0.683. The van der Waals surface area contributed by atoms with Gasteiger partial charge in [-0.15, -0.1) is 0 Å². The molecule has 0 aromatic heterocycles. The molecule has 0 saturated heterocycles. The van der Waals surface area contributed by atoms with Crippen LogP contribution in [0.2, 0.25) is 0 Å². The van der Waals surface area contributed by atoms with Crippen molar-refractivity contribution < 1.29 is 9.84 Å². The van der Waals surface area contributed by atoms with Crippen LogP contribution in [0.4, 0.5) is 0 Å². The van der Waals surface area contributed by atoms with E-state index in [0.29, 0.717) is 6.61 Å². The minimum Gasteiger partial charge on any atom is -0.388 e. The monoisotopic (exact) mass is 189 g/mol. The van der Waals surface area contributed by atoms with Crippen LogP contribution in [0.5, 0.6) is 0 Å². The molecular formula is C10H23NO2. The highest BCUT2D eigenvalue weighted by molar-refractivity contribution is 4.72. The van der Waals surface area contributed by atoms with E-state index < -0.39 is 5.60 Å². The second-order valence-corrected chi connectivity index (χ2v) is 3.65. The number of nitrogens with one attached hydrogen (secondary N) is 1. The number of rotatable bonds is 8. The van der Waals surface area contributed by atoms with Gasteiger partial charge in [0.05, 0.1) is 12.2 Å². The Hall–Kier alpha value is -0.120. The molecule has 0 aromatic rings. The van der Waals surface area contributed by atoms with E-state index in [-0.39, 0.29) is 0 Å². The maximum Gasteiger partial charge on any atom is 0.0864 e. The summed E-state index contributed by atoms with van der Waals surface area (Å²) in [6.07, 6.45) is 1.74. The number of aliphatic hydroxyl groups is 1. The highest BCUT2D eigenvalue weighted by Crippen LogP contribution is 2.08. The molecule has 0 fully saturated rings. The van der Waals surface area contributed by atoms with Crippen molar-refractivity contribution in [3.8, 4) is 0 Å². The van der Waals surface area contributed by atoms with Crippen molar-refractivity contribution in [2.45, 2.75) is 39.2 Å². The van der Waals surface area contributed by atoms with Crippen LogP contribution in [-0.2, 0) is 4.74 Å². The lowest BCUT2D eigenvalue weighted by Gasteiger charge is -2.23. The van der Waals surface area contributed by atoms with Gasteiger partial charge in [0, 0.05) is 6.61 Å². The van der Waals surface area contributed by atoms with Gasteiger partial charge in [-0.2, -0.15) is 0 Å². The molecule has 0 bridgehead atoms. The van der Waals surface area contributed by atoms with Crippen LogP contribution in [-0.4, -0.2) is 37.0 Å². The van der Waals surface area contributed by atoms with Crippen LogP contribution < -0.4 is 5.32 Å². The molecule has 0 rings (SSSR count). The first-order valence-corrected chi connectivity index (χ1v) is 5.13. The van der Waals surface area contributed by atoms with E-state index in [4.69, 9.17) is 4.74 Å². The molecule has 0 aliphatic rings. The van der Waals surface area contributed by atoms with Crippen LogP contribution in [0.25, 0.3) is 0 Å². The molecule has 2 N–H and O–H groups in total. The van der Waals surface area contributed by atoms with Gasteiger partial charge in [-0.05, 0) is 32.9 Å². The first-order valence-electron chi connectivity index (χ1n) is 5.13. The maximum atomic E-state index is 9.80. The van der Waals surface area contributed by atoms with Gasteiger partial charge in [0.25, 0.3) is 0 Å². The number of hydrogen-bond donors (Lipinski definition) is 2. The zero-order valence-corrected chi connectivity index (χ0v) is 9.10. The van der Waals surface area contributed by atoms with E-state index in [1.807, 2.05) is 6.92 Å². The Balaban J connectivity index is 3.42. The Kier molecular flexibility index (Phi) is 7.23. The van der Waals surface area contributed by atoms with Crippen molar-refractivity contribution in [1.82, 2.24) is 5.32 Å². The van der Waals surface area contributed by atoms with Crippen molar-refractivity contribution in [3.63, 3.8) is 0 Å². The average Bonchev–Trinajstić information content (AvgIpc) is 2.05. The Morgan fingerprint density at radius 3 is 2.62 bits per heavy atom. The molecule has 0 aromatic carbocycles. The lowest BCUT2D eigenvalue weighted by Crippen LogP contribution is -2.34. The molecule has 0 heterocycles. The summed E-state index contributed by atoms with van der Waals surface area (Å²) in [5, 5.41) is 13.0. The largest absolute Gasteiger partial charge is 0.388 e. The molecule has 0 aliphatic carbocycles. The highest BCUT2D eigenvalue weighted by Gasteiger charge is 2.19. The van der Waals surface area contributed by atoms with Crippen molar-refractivity contribution in [2.24, 2.45) is 0 Å². The van der Waals surface area contributed by atoms with Crippen LogP contribution in [0.3, 0.4) is 0 Å². The number of hydrogen-bond acceptors (Lipinski definition) is 3. The van der Waals surface area contributed by atoms with E-state index in [1.54, 1.807) is 0 Å². The van der Waals surface area contributed by atoms with Crippen molar-refractivity contribution in [3.05, 3.63) is 0 Å². The summed E-state index contributed by atoms with van der Waals surface area (Å²) < 4.78 is 5.30. The predicted octanol–water partition coefficient (Wildman–Crippen LogP) is 1.16. The van der Waals surface area contributed by atoms with E-state index in [9.17, 15) is 5.11 Å². The smallest absolute Gasteiger partial charge is 0.0864 e. The molecule has 0 spiro atoms. The van der Waals surface area contributed by atoms with Crippen molar-refractivity contribution >= 4 is 0 Å². The Labute approximate surface area is 81.5 Å². The fourth-order valence-electron chi connectivity index (χ4n) is 1.04. The van der Waals surface area contributed by atoms with Gasteiger partial charge in [0.15, 0.2) is 0 Å². The Morgan fingerprint density at radius 2 is 2.08 bits per heavy atom. The van der Waals surface area contributed by atoms with Crippen LogP contribution >= 0.6 is 0 Å². The average molecular weight is 189 g/mol. The van der Waals surface area contributed by atoms with Gasteiger partial charge in [-0.1, -0.05) is 13.8 Å². The summed E-state index contributed by atoms with van der Waals surface area (Å²) >= 11 is 0. The summed E-state index contributed by atoms with van der Waals surface area (Å²) in [6, 6.07) is 0. The second kappa shape index (κ2) is 7.30. The van der Waals surface area contributed by atoms with Crippen molar-refractivity contribution in [2.75, 3.05) is 26.3 Å². The maximum absolute atomic E-state index is 9.80. The summed E-state index contributed by atoms with van der Waals surface area (Å²) in [7, 11) is 0. The summed E-state index contributed by atoms with van der Waals surface area (Å²) in [6.45, 7) is 8.91. The second-order valence-electron chi connectivity index (χ2n) is 3.65. The molecule has 0 saturated carbocycles. The minimum absolute atomic E-state index is 0.437. The lowest BCUT2D eigenvalue weighted by molar-refractivity contribution is -0.0380. The molecule has 0 aliphatic heterocycles. The predicted molar refractivity (Wildman–Crippen MR) is 54.9 cm³/mol. The van der Waals surface area contributed by atoms with Gasteiger partial charge < -0.3 is 15.2 Å². The molecule has 3 nitrogen and oxygen atoms in total. The molecule has 1 atom stereocenters. The standard InChI is InChI=1S/C10H23NO2/c1-4-8-13-9-10(3,12)6-7-11-5-2/h11-12H,4-9H2,1-3H3. The van der Waals surface area contributed by atoms with Gasteiger partial charge >= 0.3 is 0 Å². The van der Waals surface area contributed by atoms with E-state index in [1.165, 1.54) is 0 Å². The molecule has 0 radical (unpaired) electrons. The SMILES string of the molecule is CCCOCC(C)(O)CCNCC. The van der Waals surface area contributed by atoms with Gasteiger partial charge in [0.2, 0.25) is 0 Å². The van der Waals surface area contributed by atoms with E-state index >= 15 is 0 Å². The summed E-state index contributed by atoms with van der Waals surface area (Å²) in [4.78, 5) is 0. The molecule has 0 amide bonds. The fraction of sp³-hybridized carbons (Fsp3) is 1.00. The molecule has 1 unspecified atom stereocenters. The van der Waals surface area contributed by atoms with Crippen LogP contribution in [0, 0.1) is 0 Å². The first-order chi connectivity index (χ1) is 6.12. The lowest BCUT2D eigenvalue weighted by atomic mass is 10.0. The quantitative estimate of drug-likeness (QED) is 0.563. The number of ether oxygens (including phenoxy) is 1. The molecule has 13 heavy (non-hydrogen) atoms. The fourth-order valence-corrected chi connectivity index (χ4v) is 1.04. The van der Waals surface area contributed by atoms with Gasteiger partial charge in [0.1, 0.15) is 0 Å². The van der Waals surface area contributed by atoms with E-state index in [0.717, 1.165) is 32.5 Å². The third-order valence-electron chi connectivity index (χ3n) is 1.85.